The first-order valence-electron chi connectivity index (χ1n) is 5.96. The predicted octanol–water partition coefficient (Wildman–Crippen LogP) is 4.09. The van der Waals surface area contributed by atoms with Gasteiger partial charge in [0.15, 0.2) is 11.6 Å². The Morgan fingerprint density at radius 1 is 1.14 bits per heavy atom. The normalized spacial score (nSPS) is 10.3. The van der Waals surface area contributed by atoms with Gasteiger partial charge in [0.25, 0.3) is 0 Å². The molecule has 0 spiro atoms. The fourth-order valence-corrected chi connectivity index (χ4v) is 2.01. The van der Waals surface area contributed by atoms with Crippen molar-refractivity contribution in [1.29, 1.82) is 0 Å². The van der Waals surface area contributed by atoms with Gasteiger partial charge in [-0.25, -0.2) is 13.6 Å². The monoisotopic (exact) mass is 356 g/mol. The average molecular weight is 357 g/mol. The molecule has 0 amide bonds. The zero-order valence-corrected chi connectivity index (χ0v) is 12.6. The van der Waals surface area contributed by atoms with Crippen molar-refractivity contribution in [3.63, 3.8) is 0 Å². The molecule has 0 aliphatic rings. The molecule has 2 aromatic rings. The van der Waals surface area contributed by atoms with E-state index in [0.29, 0.717) is 10.0 Å². The standard InChI is InChI=1S/C15H11BrF2O3/c1-20-15(19)11-4-2-9(6-12(11)17)8-21-14-5-3-10(16)7-13(14)18/h2-7H,8H2,1H3. The number of methoxy groups -OCH3 is 1. The molecule has 0 aliphatic heterocycles. The van der Waals surface area contributed by atoms with Crippen molar-refractivity contribution in [3.05, 3.63) is 63.6 Å². The summed E-state index contributed by atoms with van der Waals surface area (Å²) in [7, 11) is 1.18. The van der Waals surface area contributed by atoms with E-state index < -0.39 is 17.6 Å². The zero-order valence-electron chi connectivity index (χ0n) is 11.0. The lowest BCUT2D eigenvalue weighted by Gasteiger charge is -2.08. The summed E-state index contributed by atoms with van der Waals surface area (Å²) >= 11 is 3.14. The summed E-state index contributed by atoms with van der Waals surface area (Å²) in [5, 5.41) is 0. The van der Waals surface area contributed by atoms with Crippen molar-refractivity contribution in [2.75, 3.05) is 7.11 Å². The molecule has 0 heterocycles. The molecule has 0 saturated carbocycles. The molecule has 0 saturated heterocycles. The Bertz CT molecular complexity index is 674. The summed E-state index contributed by atoms with van der Waals surface area (Å²) in [5.41, 5.74) is 0.318. The van der Waals surface area contributed by atoms with Crippen molar-refractivity contribution in [3.8, 4) is 5.75 Å². The first-order valence-corrected chi connectivity index (χ1v) is 6.75. The highest BCUT2D eigenvalue weighted by Crippen LogP contribution is 2.22. The highest BCUT2D eigenvalue weighted by molar-refractivity contribution is 9.10. The highest BCUT2D eigenvalue weighted by atomic mass is 79.9. The molecule has 110 valence electrons. The summed E-state index contributed by atoms with van der Waals surface area (Å²) in [6.45, 7) is -0.0169. The second kappa shape index (κ2) is 6.67. The van der Waals surface area contributed by atoms with E-state index >= 15 is 0 Å². The van der Waals surface area contributed by atoms with Gasteiger partial charge in [0.05, 0.1) is 12.7 Å². The first kappa shape index (κ1) is 15.4. The fraction of sp³-hybridized carbons (Fsp3) is 0.133. The van der Waals surface area contributed by atoms with Crippen LogP contribution < -0.4 is 4.74 Å². The number of benzene rings is 2. The number of carbonyl (C=O) groups excluding carboxylic acids is 1. The minimum Gasteiger partial charge on any atom is -0.486 e. The maximum absolute atomic E-state index is 13.7. The minimum atomic E-state index is -0.751. The number of hydrogen-bond acceptors (Lipinski definition) is 3. The lowest BCUT2D eigenvalue weighted by molar-refractivity contribution is 0.0595. The van der Waals surface area contributed by atoms with Crippen LogP contribution in [-0.2, 0) is 11.3 Å². The molecule has 0 radical (unpaired) electrons. The lowest BCUT2D eigenvalue weighted by Crippen LogP contribution is -2.06. The Kier molecular flexibility index (Phi) is 4.90. The number of halogens is 3. The van der Waals surface area contributed by atoms with Crippen molar-refractivity contribution >= 4 is 21.9 Å². The van der Waals surface area contributed by atoms with E-state index in [0.717, 1.165) is 6.07 Å². The maximum atomic E-state index is 13.7. The third kappa shape index (κ3) is 3.78. The van der Waals surface area contributed by atoms with Gasteiger partial charge in [0, 0.05) is 4.47 Å². The molecule has 0 fully saturated rings. The van der Waals surface area contributed by atoms with Crippen LogP contribution in [0.25, 0.3) is 0 Å². The van der Waals surface area contributed by atoms with Crippen LogP contribution in [0, 0.1) is 11.6 Å². The van der Waals surface area contributed by atoms with Crippen LogP contribution >= 0.6 is 15.9 Å². The molecule has 0 aliphatic carbocycles. The quantitative estimate of drug-likeness (QED) is 0.774. The van der Waals surface area contributed by atoms with E-state index in [-0.39, 0.29) is 17.9 Å². The van der Waals surface area contributed by atoms with Gasteiger partial charge in [-0.1, -0.05) is 22.0 Å². The predicted molar refractivity (Wildman–Crippen MR) is 76.2 cm³/mol. The molecule has 0 unspecified atom stereocenters. The Hall–Kier alpha value is -1.95. The SMILES string of the molecule is COC(=O)c1ccc(COc2ccc(Br)cc2F)cc1F. The van der Waals surface area contributed by atoms with Gasteiger partial charge in [-0.05, 0) is 35.9 Å². The topological polar surface area (TPSA) is 35.5 Å². The molecule has 0 aromatic heterocycles. The molecule has 6 heteroatoms. The van der Waals surface area contributed by atoms with Crippen molar-refractivity contribution < 1.29 is 23.0 Å². The molecular formula is C15H11BrF2O3. The van der Waals surface area contributed by atoms with Crippen molar-refractivity contribution in [1.82, 2.24) is 0 Å². The second-order valence-electron chi connectivity index (χ2n) is 4.17. The first-order chi connectivity index (χ1) is 10.0. The van der Waals surface area contributed by atoms with Gasteiger partial charge in [0.1, 0.15) is 12.4 Å². The van der Waals surface area contributed by atoms with E-state index in [1.165, 1.54) is 31.4 Å². The van der Waals surface area contributed by atoms with Crippen LogP contribution in [-0.4, -0.2) is 13.1 Å². The van der Waals surface area contributed by atoms with E-state index in [9.17, 15) is 13.6 Å². The zero-order chi connectivity index (χ0) is 15.4. The molecule has 0 atom stereocenters. The number of ether oxygens (including phenoxy) is 2. The summed E-state index contributed by atoms with van der Waals surface area (Å²) in [4.78, 5) is 11.3. The summed E-state index contributed by atoms with van der Waals surface area (Å²) in [5.74, 6) is -1.91. The van der Waals surface area contributed by atoms with Crippen LogP contribution in [0.5, 0.6) is 5.75 Å². The Morgan fingerprint density at radius 3 is 2.52 bits per heavy atom. The van der Waals surface area contributed by atoms with Crippen LogP contribution in [0.1, 0.15) is 15.9 Å². The summed E-state index contributed by atoms with van der Waals surface area (Å²) < 4.78 is 37.6. The summed E-state index contributed by atoms with van der Waals surface area (Å²) in [6, 6.07) is 8.36. The Balaban J connectivity index is 2.10. The van der Waals surface area contributed by atoms with Gasteiger partial charge >= 0.3 is 5.97 Å². The molecule has 2 rings (SSSR count). The van der Waals surface area contributed by atoms with E-state index in [4.69, 9.17) is 4.74 Å². The van der Waals surface area contributed by atoms with Crippen LogP contribution in [0.3, 0.4) is 0 Å². The molecule has 21 heavy (non-hydrogen) atoms. The van der Waals surface area contributed by atoms with Crippen molar-refractivity contribution in [2.24, 2.45) is 0 Å². The van der Waals surface area contributed by atoms with E-state index in [1.807, 2.05) is 0 Å². The third-order valence-corrected chi connectivity index (χ3v) is 3.22. The average Bonchev–Trinajstić information content (AvgIpc) is 2.45. The van der Waals surface area contributed by atoms with Crippen molar-refractivity contribution in [2.45, 2.75) is 6.61 Å². The molecule has 3 nitrogen and oxygen atoms in total. The van der Waals surface area contributed by atoms with E-state index in [1.54, 1.807) is 6.07 Å². The second-order valence-corrected chi connectivity index (χ2v) is 5.08. The van der Waals surface area contributed by atoms with E-state index in [2.05, 4.69) is 20.7 Å². The number of esters is 1. The summed E-state index contributed by atoms with van der Waals surface area (Å²) in [6.07, 6.45) is 0. The fourth-order valence-electron chi connectivity index (χ4n) is 1.68. The minimum absolute atomic E-state index is 0.0169. The molecule has 0 N–H and O–H groups in total. The van der Waals surface area contributed by atoms with Crippen LogP contribution in [0.4, 0.5) is 8.78 Å². The highest BCUT2D eigenvalue weighted by Gasteiger charge is 2.12. The third-order valence-electron chi connectivity index (χ3n) is 2.73. The lowest BCUT2D eigenvalue weighted by atomic mass is 10.1. The van der Waals surface area contributed by atoms with Crippen LogP contribution in [0.15, 0.2) is 40.9 Å². The number of carbonyl (C=O) groups is 1. The maximum Gasteiger partial charge on any atom is 0.340 e. The van der Waals surface area contributed by atoms with Crippen LogP contribution in [0.2, 0.25) is 0 Å². The molecule has 0 bridgehead atoms. The Morgan fingerprint density at radius 2 is 1.90 bits per heavy atom. The smallest absolute Gasteiger partial charge is 0.340 e. The van der Waals surface area contributed by atoms with Gasteiger partial charge in [0.2, 0.25) is 0 Å². The number of rotatable bonds is 4. The van der Waals surface area contributed by atoms with Gasteiger partial charge in [-0.15, -0.1) is 0 Å². The Labute approximate surface area is 128 Å². The molecule has 2 aromatic carbocycles. The number of hydrogen-bond donors (Lipinski definition) is 0. The largest absolute Gasteiger partial charge is 0.486 e. The van der Waals surface area contributed by atoms with Gasteiger partial charge in [-0.2, -0.15) is 0 Å². The molecular weight excluding hydrogens is 346 g/mol. The van der Waals surface area contributed by atoms with Gasteiger partial charge in [-0.3, -0.25) is 0 Å². The van der Waals surface area contributed by atoms with Gasteiger partial charge < -0.3 is 9.47 Å².